The van der Waals surface area contributed by atoms with Gasteiger partial charge in [-0.05, 0) is 17.7 Å². The van der Waals surface area contributed by atoms with Gasteiger partial charge in [0.15, 0.2) is 9.84 Å². The summed E-state index contributed by atoms with van der Waals surface area (Å²) in [7, 11) is -2.91. The lowest BCUT2D eigenvalue weighted by Gasteiger charge is -2.21. The standard InChI is InChI=1S/C10H12O2S2/c11-14(12)8-4-7-13-10(14)9-5-2-1-3-6-9/h1-3,5-6,10H,4,7-8H2/t10-/m1/s1. The van der Waals surface area contributed by atoms with Gasteiger partial charge in [0.05, 0.1) is 5.75 Å². The molecule has 2 nitrogen and oxygen atoms in total. The molecule has 2 rings (SSSR count). The van der Waals surface area contributed by atoms with Crippen LogP contribution in [0, 0.1) is 0 Å². The van der Waals surface area contributed by atoms with E-state index in [1.807, 2.05) is 30.3 Å². The molecule has 0 saturated carbocycles. The minimum atomic E-state index is -2.91. The number of hydrogen-bond donors (Lipinski definition) is 0. The summed E-state index contributed by atoms with van der Waals surface area (Å²) in [5.41, 5.74) is 0.914. The smallest absolute Gasteiger partial charge is 0.166 e. The van der Waals surface area contributed by atoms with Gasteiger partial charge in [-0.15, -0.1) is 11.8 Å². The normalized spacial score (nSPS) is 25.9. The van der Waals surface area contributed by atoms with Crippen molar-refractivity contribution >= 4 is 21.6 Å². The third-order valence-corrected chi connectivity index (χ3v) is 6.41. The van der Waals surface area contributed by atoms with Crippen molar-refractivity contribution in [2.75, 3.05) is 11.5 Å². The van der Waals surface area contributed by atoms with Crippen LogP contribution in [0.15, 0.2) is 30.3 Å². The van der Waals surface area contributed by atoms with Crippen molar-refractivity contribution in [2.24, 2.45) is 0 Å². The van der Waals surface area contributed by atoms with E-state index in [9.17, 15) is 8.42 Å². The van der Waals surface area contributed by atoms with Crippen molar-refractivity contribution in [3.63, 3.8) is 0 Å². The largest absolute Gasteiger partial charge is 0.227 e. The SMILES string of the molecule is O=S1(=O)CCCS[C@H]1c1ccccc1. The molecule has 1 aliphatic rings. The molecule has 1 aliphatic heterocycles. The second-order valence-corrected chi connectivity index (χ2v) is 7.05. The van der Waals surface area contributed by atoms with Crippen molar-refractivity contribution in [2.45, 2.75) is 11.0 Å². The first-order valence-electron chi connectivity index (χ1n) is 4.58. The van der Waals surface area contributed by atoms with E-state index >= 15 is 0 Å². The fourth-order valence-corrected chi connectivity index (χ4v) is 5.37. The van der Waals surface area contributed by atoms with Gasteiger partial charge in [-0.3, -0.25) is 0 Å². The number of benzene rings is 1. The zero-order chi connectivity index (χ0) is 10.0. The number of hydrogen-bond acceptors (Lipinski definition) is 3. The van der Waals surface area contributed by atoms with Crippen LogP contribution in [0.25, 0.3) is 0 Å². The quantitative estimate of drug-likeness (QED) is 0.739. The predicted molar refractivity (Wildman–Crippen MR) is 60.0 cm³/mol. The van der Waals surface area contributed by atoms with Gasteiger partial charge in [-0.2, -0.15) is 0 Å². The summed E-state index contributed by atoms with van der Waals surface area (Å²) in [5, 5.41) is 0. The molecule has 0 aliphatic carbocycles. The molecule has 0 bridgehead atoms. The molecule has 1 saturated heterocycles. The summed E-state index contributed by atoms with van der Waals surface area (Å²) in [6.45, 7) is 0. The molecule has 0 spiro atoms. The highest BCUT2D eigenvalue weighted by Gasteiger charge is 2.30. The Kier molecular flexibility index (Phi) is 2.83. The minimum absolute atomic E-state index is 0.333. The summed E-state index contributed by atoms with van der Waals surface area (Å²) in [6.07, 6.45) is 0.788. The third kappa shape index (κ3) is 1.96. The molecule has 0 unspecified atom stereocenters. The van der Waals surface area contributed by atoms with Gasteiger partial charge in [0.25, 0.3) is 0 Å². The summed E-state index contributed by atoms with van der Waals surface area (Å²) < 4.78 is 23.2. The van der Waals surface area contributed by atoms with E-state index in [1.54, 1.807) is 0 Å². The molecule has 1 heterocycles. The highest BCUT2D eigenvalue weighted by atomic mass is 32.3. The molecular weight excluding hydrogens is 216 g/mol. The highest BCUT2D eigenvalue weighted by Crippen LogP contribution is 2.38. The molecule has 14 heavy (non-hydrogen) atoms. The fraction of sp³-hybridized carbons (Fsp3) is 0.400. The first-order valence-corrected chi connectivity index (χ1v) is 7.35. The van der Waals surface area contributed by atoms with Gasteiger partial charge in [0.2, 0.25) is 0 Å². The topological polar surface area (TPSA) is 34.1 Å². The zero-order valence-electron chi connectivity index (χ0n) is 7.72. The molecule has 4 heteroatoms. The van der Waals surface area contributed by atoms with Crippen LogP contribution >= 0.6 is 11.8 Å². The van der Waals surface area contributed by atoms with E-state index in [0.717, 1.165) is 17.7 Å². The van der Waals surface area contributed by atoms with Crippen LogP contribution in [-0.2, 0) is 9.84 Å². The molecular formula is C10H12O2S2. The Hall–Kier alpha value is -0.480. The Balaban J connectivity index is 2.34. The minimum Gasteiger partial charge on any atom is -0.227 e. The van der Waals surface area contributed by atoms with Crippen molar-refractivity contribution < 1.29 is 8.42 Å². The first-order chi connectivity index (χ1) is 6.70. The lowest BCUT2D eigenvalue weighted by Crippen LogP contribution is -2.19. The maximum Gasteiger partial charge on any atom is 0.166 e. The lowest BCUT2D eigenvalue weighted by molar-refractivity contribution is 0.591. The Labute approximate surface area is 88.6 Å². The maximum atomic E-state index is 11.8. The van der Waals surface area contributed by atoms with Crippen LogP contribution in [0.1, 0.15) is 16.6 Å². The van der Waals surface area contributed by atoms with Gasteiger partial charge in [-0.25, -0.2) is 8.42 Å². The van der Waals surface area contributed by atoms with Crippen molar-refractivity contribution in [3.05, 3.63) is 35.9 Å². The van der Waals surface area contributed by atoms with Crippen molar-refractivity contribution in [3.8, 4) is 0 Å². The molecule has 0 radical (unpaired) electrons. The van der Waals surface area contributed by atoms with E-state index in [2.05, 4.69) is 0 Å². The Bertz CT molecular complexity index is 397. The first kappa shape index (κ1) is 10.1. The van der Waals surface area contributed by atoms with Crippen molar-refractivity contribution in [1.82, 2.24) is 0 Å². The van der Waals surface area contributed by atoms with Gasteiger partial charge in [-0.1, -0.05) is 30.3 Å². The lowest BCUT2D eigenvalue weighted by atomic mass is 10.2. The molecule has 76 valence electrons. The van der Waals surface area contributed by atoms with Crippen LogP contribution in [-0.4, -0.2) is 19.9 Å². The van der Waals surface area contributed by atoms with Crippen LogP contribution in [0.5, 0.6) is 0 Å². The molecule has 1 fully saturated rings. The Morgan fingerprint density at radius 1 is 1.21 bits per heavy atom. The molecule has 0 N–H and O–H groups in total. The fourth-order valence-electron chi connectivity index (χ4n) is 1.57. The maximum absolute atomic E-state index is 11.8. The van der Waals surface area contributed by atoms with E-state index in [1.165, 1.54) is 11.8 Å². The monoisotopic (exact) mass is 228 g/mol. The van der Waals surface area contributed by atoms with E-state index in [-0.39, 0.29) is 4.58 Å². The van der Waals surface area contributed by atoms with Gasteiger partial charge in [0.1, 0.15) is 4.58 Å². The Morgan fingerprint density at radius 3 is 2.57 bits per heavy atom. The molecule has 1 aromatic carbocycles. The van der Waals surface area contributed by atoms with Crippen LogP contribution in [0.2, 0.25) is 0 Å². The van der Waals surface area contributed by atoms with E-state index < -0.39 is 9.84 Å². The predicted octanol–water partition coefficient (Wildman–Crippen LogP) is 2.24. The van der Waals surface area contributed by atoms with Crippen LogP contribution < -0.4 is 0 Å². The van der Waals surface area contributed by atoms with Crippen molar-refractivity contribution in [1.29, 1.82) is 0 Å². The second kappa shape index (κ2) is 3.95. The highest BCUT2D eigenvalue weighted by molar-refractivity contribution is 8.13. The summed E-state index contributed by atoms with van der Waals surface area (Å²) in [5.74, 6) is 1.28. The number of rotatable bonds is 1. The van der Waals surface area contributed by atoms with Gasteiger partial charge >= 0.3 is 0 Å². The summed E-state index contributed by atoms with van der Waals surface area (Å²) in [6, 6.07) is 9.46. The summed E-state index contributed by atoms with van der Waals surface area (Å²) >= 11 is 1.54. The molecule has 1 atom stereocenters. The molecule has 1 aromatic rings. The summed E-state index contributed by atoms with van der Waals surface area (Å²) in [4.78, 5) is 0. The third-order valence-electron chi connectivity index (χ3n) is 2.24. The number of sulfone groups is 1. The average Bonchev–Trinajstić information content (AvgIpc) is 2.18. The van der Waals surface area contributed by atoms with Gasteiger partial charge < -0.3 is 0 Å². The van der Waals surface area contributed by atoms with Crippen LogP contribution in [0.4, 0.5) is 0 Å². The molecule has 0 aromatic heterocycles. The molecule has 0 amide bonds. The Morgan fingerprint density at radius 2 is 1.93 bits per heavy atom. The van der Waals surface area contributed by atoms with E-state index in [4.69, 9.17) is 0 Å². The van der Waals surface area contributed by atoms with Gasteiger partial charge in [0, 0.05) is 0 Å². The van der Waals surface area contributed by atoms with E-state index in [0.29, 0.717) is 5.75 Å². The zero-order valence-corrected chi connectivity index (χ0v) is 9.35. The average molecular weight is 228 g/mol. The van der Waals surface area contributed by atoms with Crippen LogP contribution in [0.3, 0.4) is 0 Å². The number of thioether (sulfide) groups is 1. The second-order valence-electron chi connectivity index (χ2n) is 3.33.